The maximum absolute atomic E-state index is 11.1. The van der Waals surface area contributed by atoms with Crippen molar-refractivity contribution in [2.75, 3.05) is 6.54 Å². The van der Waals surface area contributed by atoms with Crippen LogP contribution < -0.4 is 5.32 Å². The third kappa shape index (κ3) is 0.621. The lowest BCUT2D eigenvalue weighted by molar-refractivity contribution is -0.148. The number of oxime groups is 1. The van der Waals surface area contributed by atoms with E-state index in [0.29, 0.717) is 0 Å². The molecule has 1 unspecified atom stereocenters. The van der Waals surface area contributed by atoms with Crippen LogP contribution in [-0.4, -0.2) is 30.1 Å². The molecule has 0 saturated carbocycles. The smallest absolute Gasteiger partial charge is 0.278 e. The molecule has 2 rings (SSSR count). The van der Waals surface area contributed by atoms with Crippen LogP contribution in [0.1, 0.15) is 6.42 Å². The quantitative estimate of drug-likeness (QED) is 0.447. The third-order valence-electron chi connectivity index (χ3n) is 1.89. The van der Waals surface area contributed by atoms with E-state index < -0.39 is 5.60 Å². The van der Waals surface area contributed by atoms with Crippen LogP contribution in [0, 0.1) is 0 Å². The molecule has 1 amide bonds. The van der Waals surface area contributed by atoms with Crippen LogP contribution in [0.4, 0.5) is 0 Å². The van der Waals surface area contributed by atoms with Gasteiger partial charge >= 0.3 is 0 Å². The summed E-state index contributed by atoms with van der Waals surface area (Å²) in [5.41, 5.74) is -1.31. The first kappa shape index (κ1) is 6.33. The Morgan fingerprint density at radius 2 is 2.45 bits per heavy atom. The predicted molar refractivity (Wildman–Crippen MR) is 34.9 cm³/mol. The molecule has 5 heteroatoms. The van der Waals surface area contributed by atoms with Gasteiger partial charge in [0.05, 0.1) is 6.54 Å². The largest absolute Gasteiger partial charge is 0.371 e. The average Bonchev–Trinajstić information content (AvgIpc) is 2.56. The minimum atomic E-state index is -1.31. The molecule has 1 saturated heterocycles. The summed E-state index contributed by atoms with van der Waals surface area (Å²) in [6.07, 6.45) is 1.69. The Morgan fingerprint density at radius 3 is 2.91 bits per heavy atom. The van der Waals surface area contributed by atoms with Gasteiger partial charge in [-0.2, -0.15) is 0 Å². The van der Waals surface area contributed by atoms with Crippen LogP contribution >= 0.6 is 0 Å². The number of rotatable bonds is 0. The van der Waals surface area contributed by atoms with E-state index in [4.69, 9.17) is 4.84 Å². The van der Waals surface area contributed by atoms with Gasteiger partial charge in [0.1, 0.15) is 0 Å². The molecule has 2 aliphatic heterocycles. The fraction of sp³-hybridized carbons (Fsp3) is 0.500. The fourth-order valence-corrected chi connectivity index (χ4v) is 1.20. The molecule has 2 aliphatic rings. The van der Waals surface area contributed by atoms with Gasteiger partial charge in [-0.15, -0.1) is 0 Å². The lowest BCUT2D eigenvalue weighted by atomic mass is 9.98. The summed E-state index contributed by atoms with van der Waals surface area (Å²) >= 11 is 0. The number of hydrogen-bond acceptors (Lipinski definition) is 4. The number of hydrogen-bond donors (Lipinski definition) is 1. The number of Topliss-reactive ketones (excluding diaryl/α,β-unsaturated/α-hetero) is 1. The van der Waals surface area contributed by atoms with Gasteiger partial charge in [0.15, 0.2) is 0 Å². The minimum Gasteiger partial charge on any atom is -0.371 e. The second kappa shape index (κ2) is 1.81. The Hall–Kier alpha value is -1.39. The van der Waals surface area contributed by atoms with Crippen molar-refractivity contribution in [1.82, 2.24) is 5.32 Å². The van der Waals surface area contributed by atoms with Gasteiger partial charge in [0.2, 0.25) is 5.78 Å². The summed E-state index contributed by atoms with van der Waals surface area (Å²) in [6, 6.07) is 0. The Kier molecular flexibility index (Phi) is 1.04. The zero-order valence-electron chi connectivity index (χ0n) is 5.66. The molecule has 1 fully saturated rings. The monoisotopic (exact) mass is 154 g/mol. The normalized spacial score (nSPS) is 34.5. The van der Waals surface area contributed by atoms with Gasteiger partial charge in [0, 0.05) is 12.6 Å². The molecule has 1 N–H and O–H groups in total. The van der Waals surface area contributed by atoms with Crippen LogP contribution in [0.15, 0.2) is 5.16 Å². The summed E-state index contributed by atoms with van der Waals surface area (Å²) in [4.78, 5) is 26.9. The topological polar surface area (TPSA) is 67.8 Å². The predicted octanol–water partition coefficient (Wildman–Crippen LogP) is -1.17. The standard InChI is InChI=1S/C6H6N2O3/c9-4-3-7-5(10)6(4)1-2-8-11-6/h2H,1,3H2,(H,7,10). The van der Waals surface area contributed by atoms with Crippen molar-refractivity contribution in [3.05, 3.63) is 0 Å². The van der Waals surface area contributed by atoms with Gasteiger partial charge in [-0.1, -0.05) is 5.16 Å². The van der Waals surface area contributed by atoms with Gasteiger partial charge in [-0.3, -0.25) is 9.59 Å². The summed E-state index contributed by atoms with van der Waals surface area (Å²) in [7, 11) is 0. The van der Waals surface area contributed by atoms with E-state index in [0.717, 1.165) is 0 Å². The number of amides is 1. The van der Waals surface area contributed by atoms with Crippen LogP contribution in [0.3, 0.4) is 0 Å². The molecule has 11 heavy (non-hydrogen) atoms. The van der Waals surface area contributed by atoms with Crippen molar-refractivity contribution >= 4 is 17.9 Å². The molecule has 0 aromatic carbocycles. The van der Waals surface area contributed by atoms with Crippen molar-refractivity contribution in [2.45, 2.75) is 12.0 Å². The SMILES string of the molecule is O=C1CNC(=O)C12CC=NO2. The van der Waals surface area contributed by atoms with Crippen LogP contribution in [0.2, 0.25) is 0 Å². The fourth-order valence-electron chi connectivity index (χ4n) is 1.20. The Bertz CT molecular complexity index is 233. The highest BCUT2D eigenvalue weighted by atomic mass is 16.7. The minimum absolute atomic E-state index is 0.0577. The zero-order chi connectivity index (χ0) is 7.90. The van der Waals surface area contributed by atoms with Gasteiger partial charge in [0.25, 0.3) is 11.5 Å². The molecule has 0 aromatic rings. The molecule has 1 atom stereocenters. The Morgan fingerprint density at radius 1 is 1.64 bits per heavy atom. The highest BCUT2D eigenvalue weighted by Gasteiger charge is 2.54. The number of nitrogens with zero attached hydrogens (tertiary/aromatic N) is 1. The highest BCUT2D eigenvalue weighted by molar-refractivity contribution is 6.17. The number of nitrogens with one attached hydrogen (secondary N) is 1. The van der Waals surface area contributed by atoms with Crippen molar-refractivity contribution in [1.29, 1.82) is 0 Å². The zero-order valence-corrected chi connectivity index (χ0v) is 5.66. The second-order valence-corrected chi connectivity index (χ2v) is 2.52. The van der Waals surface area contributed by atoms with E-state index in [2.05, 4.69) is 10.5 Å². The number of carbonyl (C=O) groups excluding carboxylic acids is 2. The maximum atomic E-state index is 11.1. The molecule has 0 bridgehead atoms. The van der Waals surface area contributed by atoms with E-state index >= 15 is 0 Å². The third-order valence-corrected chi connectivity index (χ3v) is 1.89. The van der Waals surface area contributed by atoms with Crippen LogP contribution in [0.5, 0.6) is 0 Å². The Labute approximate surface area is 62.4 Å². The summed E-state index contributed by atoms with van der Waals surface area (Å²) in [5.74, 6) is -0.611. The maximum Gasteiger partial charge on any atom is 0.278 e. The number of ketones is 1. The lowest BCUT2D eigenvalue weighted by Gasteiger charge is -2.13. The molecular weight excluding hydrogens is 148 g/mol. The average molecular weight is 154 g/mol. The van der Waals surface area contributed by atoms with E-state index in [1.54, 1.807) is 0 Å². The first-order valence-electron chi connectivity index (χ1n) is 3.27. The van der Waals surface area contributed by atoms with Crippen molar-refractivity contribution in [3.8, 4) is 0 Å². The van der Waals surface area contributed by atoms with Crippen molar-refractivity contribution in [2.24, 2.45) is 5.16 Å². The molecule has 2 heterocycles. The van der Waals surface area contributed by atoms with E-state index in [1.165, 1.54) is 6.21 Å². The molecule has 58 valence electrons. The van der Waals surface area contributed by atoms with Gasteiger partial charge in [-0.05, 0) is 0 Å². The summed E-state index contributed by atoms with van der Waals surface area (Å²) in [5, 5.41) is 5.82. The molecule has 5 nitrogen and oxygen atoms in total. The first-order valence-corrected chi connectivity index (χ1v) is 3.27. The summed E-state index contributed by atoms with van der Waals surface area (Å²) < 4.78 is 0. The molecule has 1 spiro atoms. The van der Waals surface area contributed by atoms with Gasteiger partial charge in [-0.25, -0.2) is 0 Å². The number of carbonyl (C=O) groups is 2. The highest BCUT2D eigenvalue weighted by Crippen LogP contribution is 2.25. The molecular formula is C6H6N2O3. The molecule has 0 radical (unpaired) electrons. The first-order chi connectivity index (χ1) is 5.26. The van der Waals surface area contributed by atoms with Crippen molar-refractivity contribution in [3.63, 3.8) is 0 Å². The summed E-state index contributed by atoms with van der Waals surface area (Å²) in [6.45, 7) is 0.0577. The van der Waals surface area contributed by atoms with Gasteiger partial charge < -0.3 is 10.2 Å². The van der Waals surface area contributed by atoms with E-state index in [1.807, 2.05) is 0 Å². The second-order valence-electron chi connectivity index (χ2n) is 2.52. The lowest BCUT2D eigenvalue weighted by Crippen LogP contribution is -2.42. The molecule has 0 aliphatic carbocycles. The van der Waals surface area contributed by atoms with Crippen molar-refractivity contribution < 1.29 is 14.4 Å². The molecule has 0 aromatic heterocycles. The van der Waals surface area contributed by atoms with Crippen LogP contribution in [0.25, 0.3) is 0 Å². The van der Waals surface area contributed by atoms with E-state index in [9.17, 15) is 9.59 Å². The van der Waals surface area contributed by atoms with E-state index in [-0.39, 0.29) is 24.7 Å². The van der Waals surface area contributed by atoms with Crippen LogP contribution in [-0.2, 0) is 14.4 Å². The Balaban J connectivity index is 2.35.